The molecule has 1 heterocycles. The topological polar surface area (TPSA) is 42.4 Å². The van der Waals surface area contributed by atoms with E-state index in [4.69, 9.17) is 9.84 Å². The lowest BCUT2D eigenvalue weighted by Crippen LogP contribution is -1.93. The van der Waals surface area contributed by atoms with Crippen molar-refractivity contribution in [1.29, 1.82) is 0 Å². The third-order valence-electron chi connectivity index (χ3n) is 2.55. The molecule has 0 bridgehead atoms. The minimum atomic E-state index is -0.00116. The number of hydrogen-bond acceptors (Lipinski definition) is 3. The molecule has 0 unspecified atom stereocenters. The number of rotatable bonds is 4. The summed E-state index contributed by atoms with van der Waals surface area (Å²) in [5, 5.41) is 8.92. The van der Waals surface area contributed by atoms with E-state index >= 15 is 0 Å². The summed E-state index contributed by atoms with van der Waals surface area (Å²) in [5.41, 5.74) is 1.93. The van der Waals surface area contributed by atoms with Crippen LogP contribution in [0.1, 0.15) is 18.1 Å². The number of para-hydroxylation sites is 1. The van der Waals surface area contributed by atoms with E-state index in [1.807, 2.05) is 24.3 Å². The first-order chi connectivity index (χ1) is 8.33. The summed E-state index contributed by atoms with van der Waals surface area (Å²) in [6.45, 7) is 2.09. The van der Waals surface area contributed by atoms with Crippen LogP contribution in [-0.2, 0) is 13.0 Å². The summed E-state index contributed by atoms with van der Waals surface area (Å²) >= 11 is 0. The molecule has 1 N–H and O–H groups in total. The maximum absolute atomic E-state index is 8.92. The highest BCUT2D eigenvalue weighted by molar-refractivity contribution is 5.36. The fourth-order valence-corrected chi connectivity index (χ4v) is 1.57. The number of benzene rings is 1. The van der Waals surface area contributed by atoms with E-state index in [0.29, 0.717) is 5.88 Å². The van der Waals surface area contributed by atoms with Crippen molar-refractivity contribution in [2.24, 2.45) is 0 Å². The molecular formula is C14H15NO2. The second-order valence-electron chi connectivity index (χ2n) is 3.73. The van der Waals surface area contributed by atoms with Crippen molar-refractivity contribution in [3.05, 3.63) is 53.7 Å². The van der Waals surface area contributed by atoms with E-state index < -0.39 is 0 Å². The molecule has 3 heteroatoms. The van der Waals surface area contributed by atoms with Gasteiger partial charge in [0.25, 0.3) is 0 Å². The highest BCUT2D eigenvalue weighted by atomic mass is 16.5. The molecule has 0 radical (unpaired) electrons. The number of ether oxygens (including phenoxy) is 1. The van der Waals surface area contributed by atoms with Gasteiger partial charge in [-0.15, -0.1) is 0 Å². The molecule has 0 spiro atoms. The quantitative estimate of drug-likeness (QED) is 0.876. The molecule has 3 nitrogen and oxygen atoms in total. The molecule has 2 aromatic rings. The van der Waals surface area contributed by atoms with Crippen LogP contribution in [0.4, 0.5) is 0 Å². The van der Waals surface area contributed by atoms with E-state index in [1.54, 1.807) is 18.3 Å². The molecule has 0 fully saturated rings. The maximum atomic E-state index is 8.92. The minimum Gasteiger partial charge on any atom is -0.439 e. The SMILES string of the molecule is CCc1ccccc1Oc1ccc(CO)cn1. The number of pyridine rings is 1. The summed E-state index contributed by atoms with van der Waals surface area (Å²) in [6, 6.07) is 11.5. The normalized spacial score (nSPS) is 10.2. The van der Waals surface area contributed by atoms with Crippen LogP contribution < -0.4 is 4.74 Å². The maximum Gasteiger partial charge on any atom is 0.219 e. The largest absolute Gasteiger partial charge is 0.439 e. The monoisotopic (exact) mass is 229 g/mol. The molecule has 0 atom stereocenters. The van der Waals surface area contributed by atoms with Gasteiger partial charge in [0.15, 0.2) is 0 Å². The lowest BCUT2D eigenvalue weighted by atomic mass is 10.1. The Labute approximate surface area is 101 Å². The summed E-state index contributed by atoms with van der Waals surface area (Å²) in [6.07, 6.45) is 2.54. The molecule has 0 amide bonds. The third kappa shape index (κ3) is 2.82. The van der Waals surface area contributed by atoms with Crippen molar-refractivity contribution < 1.29 is 9.84 Å². The standard InChI is InChI=1S/C14H15NO2/c1-2-12-5-3-4-6-13(12)17-14-8-7-11(10-16)9-15-14/h3-9,16H,2,10H2,1H3. The molecule has 0 aliphatic heterocycles. The Bertz CT molecular complexity index is 480. The summed E-state index contributed by atoms with van der Waals surface area (Å²) < 4.78 is 5.71. The number of aromatic nitrogens is 1. The van der Waals surface area contributed by atoms with Gasteiger partial charge in [0, 0.05) is 12.3 Å². The summed E-state index contributed by atoms with van der Waals surface area (Å²) in [7, 11) is 0. The number of aliphatic hydroxyl groups is 1. The zero-order valence-electron chi connectivity index (χ0n) is 9.76. The van der Waals surface area contributed by atoms with Gasteiger partial charge in [-0.1, -0.05) is 25.1 Å². The molecule has 0 saturated carbocycles. The van der Waals surface area contributed by atoms with E-state index in [1.165, 1.54) is 0 Å². The number of aliphatic hydroxyl groups excluding tert-OH is 1. The van der Waals surface area contributed by atoms with Crippen molar-refractivity contribution in [2.75, 3.05) is 0 Å². The molecule has 0 aliphatic rings. The zero-order valence-corrected chi connectivity index (χ0v) is 9.76. The first-order valence-corrected chi connectivity index (χ1v) is 5.65. The number of hydrogen-bond donors (Lipinski definition) is 1. The summed E-state index contributed by atoms with van der Waals surface area (Å²) in [5.74, 6) is 1.38. The van der Waals surface area contributed by atoms with Crippen LogP contribution in [0.5, 0.6) is 11.6 Å². The second kappa shape index (κ2) is 5.46. The average molecular weight is 229 g/mol. The lowest BCUT2D eigenvalue weighted by molar-refractivity contribution is 0.281. The molecule has 1 aromatic carbocycles. The van der Waals surface area contributed by atoms with Crippen molar-refractivity contribution in [2.45, 2.75) is 20.0 Å². The van der Waals surface area contributed by atoms with Gasteiger partial charge < -0.3 is 9.84 Å². The fraction of sp³-hybridized carbons (Fsp3) is 0.214. The predicted molar refractivity (Wildman–Crippen MR) is 66.1 cm³/mol. The molecule has 2 rings (SSSR count). The van der Waals surface area contributed by atoms with Gasteiger partial charge in [0.05, 0.1) is 6.61 Å². The van der Waals surface area contributed by atoms with Crippen LogP contribution >= 0.6 is 0 Å². The number of aryl methyl sites for hydroxylation is 1. The Morgan fingerprint density at radius 2 is 2.00 bits per heavy atom. The summed E-state index contributed by atoms with van der Waals surface area (Å²) in [4.78, 5) is 4.14. The van der Waals surface area contributed by atoms with Gasteiger partial charge in [0.1, 0.15) is 5.75 Å². The van der Waals surface area contributed by atoms with E-state index in [9.17, 15) is 0 Å². The van der Waals surface area contributed by atoms with E-state index in [2.05, 4.69) is 11.9 Å². The third-order valence-corrected chi connectivity index (χ3v) is 2.55. The molecule has 0 aliphatic carbocycles. The van der Waals surface area contributed by atoms with Crippen molar-refractivity contribution >= 4 is 0 Å². The Hall–Kier alpha value is -1.87. The van der Waals surface area contributed by atoms with Crippen LogP contribution in [0, 0.1) is 0 Å². The first kappa shape index (κ1) is 11.6. The molecule has 1 aromatic heterocycles. The van der Waals surface area contributed by atoms with E-state index in [0.717, 1.165) is 23.3 Å². The Morgan fingerprint density at radius 1 is 1.18 bits per heavy atom. The molecular weight excluding hydrogens is 214 g/mol. The predicted octanol–water partition coefficient (Wildman–Crippen LogP) is 2.93. The van der Waals surface area contributed by atoms with Crippen LogP contribution in [0.25, 0.3) is 0 Å². The van der Waals surface area contributed by atoms with Gasteiger partial charge in [-0.05, 0) is 29.7 Å². The van der Waals surface area contributed by atoms with Crippen LogP contribution in [-0.4, -0.2) is 10.1 Å². The van der Waals surface area contributed by atoms with Gasteiger partial charge in [-0.3, -0.25) is 0 Å². The van der Waals surface area contributed by atoms with Crippen molar-refractivity contribution in [3.8, 4) is 11.6 Å². The average Bonchev–Trinajstić information content (AvgIpc) is 2.40. The lowest BCUT2D eigenvalue weighted by Gasteiger charge is -2.08. The molecule has 0 saturated heterocycles. The molecule has 17 heavy (non-hydrogen) atoms. The fourth-order valence-electron chi connectivity index (χ4n) is 1.57. The van der Waals surface area contributed by atoms with Crippen LogP contribution in [0.2, 0.25) is 0 Å². The zero-order chi connectivity index (χ0) is 12.1. The van der Waals surface area contributed by atoms with Gasteiger partial charge in [-0.25, -0.2) is 4.98 Å². The molecule has 88 valence electrons. The Morgan fingerprint density at radius 3 is 2.65 bits per heavy atom. The number of nitrogens with zero attached hydrogens (tertiary/aromatic N) is 1. The van der Waals surface area contributed by atoms with Crippen LogP contribution in [0.15, 0.2) is 42.6 Å². The minimum absolute atomic E-state index is 0.00116. The van der Waals surface area contributed by atoms with Crippen molar-refractivity contribution in [1.82, 2.24) is 4.98 Å². The Kier molecular flexibility index (Phi) is 3.73. The first-order valence-electron chi connectivity index (χ1n) is 5.65. The highest BCUT2D eigenvalue weighted by Gasteiger charge is 2.03. The smallest absolute Gasteiger partial charge is 0.219 e. The van der Waals surface area contributed by atoms with Gasteiger partial charge in [0.2, 0.25) is 5.88 Å². The Balaban J connectivity index is 2.19. The van der Waals surface area contributed by atoms with Gasteiger partial charge >= 0.3 is 0 Å². The van der Waals surface area contributed by atoms with Crippen molar-refractivity contribution in [3.63, 3.8) is 0 Å². The van der Waals surface area contributed by atoms with E-state index in [-0.39, 0.29) is 6.61 Å². The van der Waals surface area contributed by atoms with Crippen LogP contribution in [0.3, 0.4) is 0 Å². The highest BCUT2D eigenvalue weighted by Crippen LogP contribution is 2.24. The second-order valence-corrected chi connectivity index (χ2v) is 3.73. The van der Waals surface area contributed by atoms with Gasteiger partial charge in [-0.2, -0.15) is 0 Å².